The fraction of sp³-hybridized carbons (Fsp3) is 0.320. The second kappa shape index (κ2) is 13.4. The monoisotopic (exact) mass is 480 g/mol. The van der Waals surface area contributed by atoms with E-state index in [1.807, 2.05) is 12.1 Å². The lowest BCUT2D eigenvalue weighted by Gasteiger charge is -2.19. The quantitative estimate of drug-likeness (QED) is 0.219. The van der Waals surface area contributed by atoms with Crippen LogP contribution in [0.25, 0.3) is 5.53 Å². The Hall–Kier alpha value is -4.30. The SMILES string of the molecule is CC(C)[C@@H](NC(=O)OCc1ccccc1)C(=O)C(=[N+]=[N-])C(=O)[C@@H](C)NC(=O)OCc1ccccc1. The lowest BCUT2D eigenvalue weighted by atomic mass is 9.94. The Bertz CT molecular complexity index is 1080. The van der Waals surface area contributed by atoms with Crippen LogP contribution < -0.4 is 10.6 Å². The number of hydrogen-bond donors (Lipinski definition) is 2. The van der Waals surface area contributed by atoms with E-state index in [-0.39, 0.29) is 13.2 Å². The number of ketones is 2. The van der Waals surface area contributed by atoms with Crippen LogP contribution in [0.1, 0.15) is 31.9 Å². The minimum Gasteiger partial charge on any atom is -0.445 e. The van der Waals surface area contributed by atoms with Crippen LogP contribution in [-0.2, 0) is 32.3 Å². The molecule has 10 nitrogen and oxygen atoms in total. The summed E-state index contributed by atoms with van der Waals surface area (Å²) in [5.41, 5.74) is 10.1. The molecule has 0 spiro atoms. The van der Waals surface area contributed by atoms with Crippen molar-refractivity contribution in [2.24, 2.45) is 5.92 Å². The number of carbonyl (C=O) groups is 4. The largest absolute Gasteiger partial charge is 0.445 e. The summed E-state index contributed by atoms with van der Waals surface area (Å²) in [6, 6.07) is 15.4. The van der Waals surface area contributed by atoms with Gasteiger partial charge in [0, 0.05) is 0 Å². The van der Waals surface area contributed by atoms with Crippen molar-refractivity contribution in [1.29, 1.82) is 0 Å². The summed E-state index contributed by atoms with van der Waals surface area (Å²) in [5.74, 6) is -2.33. The molecular formula is C25H28N4O6. The van der Waals surface area contributed by atoms with Gasteiger partial charge in [-0.05, 0) is 24.0 Å². The molecule has 0 aliphatic carbocycles. The first-order valence-corrected chi connectivity index (χ1v) is 11.0. The first-order chi connectivity index (χ1) is 16.7. The summed E-state index contributed by atoms with van der Waals surface area (Å²) in [6.45, 7) is 4.57. The second-order valence-corrected chi connectivity index (χ2v) is 8.03. The maximum absolute atomic E-state index is 12.9. The van der Waals surface area contributed by atoms with Crippen LogP contribution in [0, 0.1) is 5.92 Å². The molecule has 0 saturated heterocycles. The molecule has 0 aliphatic rings. The number of nitrogens with one attached hydrogen (secondary N) is 2. The van der Waals surface area contributed by atoms with Crippen LogP contribution in [0.4, 0.5) is 9.59 Å². The van der Waals surface area contributed by atoms with Crippen LogP contribution in [0.5, 0.6) is 0 Å². The highest BCUT2D eigenvalue weighted by Gasteiger charge is 2.40. The Kier molecular flexibility index (Phi) is 10.3. The van der Waals surface area contributed by atoms with Crippen molar-refractivity contribution in [2.45, 2.75) is 46.1 Å². The van der Waals surface area contributed by atoms with E-state index in [9.17, 15) is 24.7 Å². The number of benzene rings is 2. The minimum atomic E-state index is -1.23. The van der Waals surface area contributed by atoms with Crippen molar-refractivity contribution in [3.8, 4) is 0 Å². The van der Waals surface area contributed by atoms with Gasteiger partial charge in [0.15, 0.2) is 0 Å². The maximum atomic E-state index is 12.9. The van der Waals surface area contributed by atoms with Gasteiger partial charge in [0.25, 0.3) is 11.6 Å². The normalized spacial score (nSPS) is 12.0. The van der Waals surface area contributed by atoms with Gasteiger partial charge < -0.3 is 25.6 Å². The minimum absolute atomic E-state index is 0.0160. The van der Waals surface area contributed by atoms with Crippen LogP contribution >= 0.6 is 0 Å². The summed E-state index contributed by atoms with van der Waals surface area (Å²) in [7, 11) is 0. The van der Waals surface area contributed by atoms with E-state index < -0.39 is 47.5 Å². The predicted molar refractivity (Wildman–Crippen MR) is 126 cm³/mol. The molecular weight excluding hydrogens is 452 g/mol. The molecule has 2 atom stereocenters. The Morgan fingerprint density at radius 1 is 0.771 bits per heavy atom. The molecule has 2 aromatic carbocycles. The lowest BCUT2D eigenvalue weighted by Crippen LogP contribution is -2.52. The van der Waals surface area contributed by atoms with E-state index in [1.165, 1.54) is 6.92 Å². The topological polar surface area (TPSA) is 147 Å². The van der Waals surface area contributed by atoms with E-state index in [1.54, 1.807) is 62.4 Å². The third-order valence-corrected chi connectivity index (χ3v) is 4.94. The Balaban J connectivity index is 1.96. The summed E-state index contributed by atoms with van der Waals surface area (Å²) >= 11 is 0. The molecule has 0 radical (unpaired) electrons. The van der Waals surface area contributed by atoms with Gasteiger partial charge in [-0.1, -0.05) is 74.5 Å². The van der Waals surface area contributed by atoms with Gasteiger partial charge in [-0.25, -0.2) is 9.59 Å². The van der Waals surface area contributed by atoms with Gasteiger partial charge in [-0.3, -0.25) is 9.59 Å². The first kappa shape index (κ1) is 26.9. The molecule has 184 valence electrons. The van der Waals surface area contributed by atoms with Crippen molar-refractivity contribution in [1.82, 2.24) is 10.6 Å². The van der Waals surface area contributed by atoms with Gasteiger partial charge in [-0.2, -0.15) is 4.79 Å². The molecule has 2 rings (SSSR count). The average molecular weight is 481 g/mol. The molecule has 35 heavy (non-hydrogen) atoms. The van der Waals surface area contributed by atoms with Gasteiger partial charge >= 0.3 is 17.9 Å². The summed E-state index contributed by atoms with van der Waals surface area (Å²) in [5, 5.41) is 4.71. The van der Waals surface area contributed by atoms with Crippen molar-refractivity contribution in [3.63, 3.8) is 0 Å². The molecule has 0 bridgehead atoms. The Morgan fingerprint density at radius 3 is 1.66 bits per heavy atom. The standard InChI is InChI=1S/C25H28N4O6/c1-16(2)20(28-25(33)35-15-19-12-8-5-9-13-19)23(31)21(29-26)22(30)17(3)27-24(32)34-14-18-10-6-4-7-11-18/h4-13,16-17,20H,14-15H2,1-3H3,(H,27,32)(H,28,33)/t17-,20-/m1/s1. The zero-order valence-electron chi connectivity index (χ0n) is 19.8. The zero-order chi connectivity index (χ0) is 25.8. The Labute approximate surface area is 203 Å². The summed E-state index contributed by atoms with van der Waals surface area (Å²) in [4.78, 5) is 52.8. The number of alkyl carbamates (subject to hydrolysis) is 2. The molecule has 2 N–H and O–H groups in total. The number of ether oxygens (including phenoxy) is 2. The molecule has 2 amide bonds. The molecule has 0 aliphatic heterocycles. The number of carbonyl (C=O) groups excluding carboxylic acids is 4. The molecule has 10 heteroatoms. The molecule has 0 aromatic heterocycles. The predicted octanol–water partition coefficient (Wildman–Crippen LogP) is 3.06. The highest BCUT2D eigenvalue weighted by molar-refractivity contribution is 6.66. The van der Waals surface area contributed by atoms with Gasteiger partial charge in [0.05, 0.1) is 0 Å². The second-order valence-electron chi connectivity index (χ2n) is 8.03. The number of nitrogens with zero attached hydrogens (tertiary/aromatic N) is 2. The van der Waals surface area contributed by atoms with E-state index in [0.717, 1.165) is 11.1 Å². The van der Waals surface area contributed by atoms with Gasteiger partial charge in [0.2, 0.25) is 0 Å². The van der Waals surface area contributed by atoms with E-state index in [0.29, 0.717) is 0 Å². The van der Waals surface area contributed by atoms with Crippen LogP contribution in [-0.4, -0.2) is 46.3 Å². The number of Topliss-reactive ketones (excluding diaryl/α,β-unsaturated/α-hetero) is 2. The van der Waals surface area contributed by atoms with Gasteiger partial charge in [0.1, 0.15) is 25.3 Å². The van der Waals surface area contributed by atoms with E-state index >= 15 is 0 Å². The highest BCUT2D eigenvalue weighted by Crippen LogP contribution is 2.08. The molecule has 0 unspecified atom stereocenters. The van der Waals surface area contributed by atoms with Crippen molar-refractivity contribution < 1.29 is 33.4 Å². The zero-order valence-corrected chi connectivity index (χ0v) is 19.8. The van der Waals surface area contributed by atoms with Gasteiger partial charge in [-0.15, -0.1) is 0 Å². The fourth-order valence-electron chi connectivity index (χ4n) is 3.01. The summed E-state index contributed by atoms with van der Waals surface area (Å²) < 4.78 is 10.2. The van der Waals surface area contributed by atoms with Crippen LogP contribution in [0.15, 0.2) is 60.7 Å². The number of amides is 2. The molecule has 0 heterocycles. The van der Waals surface area contributed by atoms with Crippen molar-refractivity contribution >= 4 is 29.5 Å². The third kappa shape index (κ3) is 8.53. The van der Waals surface area contributed by atoms with Crippen LogP contribution in [0.2, 0.25) is 0 Å². The van der Waals surface area contributed by atoms with Crippen molar-refractivity contribution in [2.75, 3.05) is 0 Å². The molecule has 2 aromatic rings. The van der Waals surface area contributed by atoms with Crippen LogP contribution in [0.3, 0.4) is 0 Å². The summed E-state index contributed by atoms with van der Waals surface area (Å²) in [6.07, 6.45) is -1.76. The molecule has 0 fully saturated rings. The first-order valence-electron chi connectivity index (χ1n) is 11.0. The number of hydrogen-bond acceptors (Lipinski definition) is 6. The average Bonchev–Trinajstić information content (AvgIpc) is 2.86. The smallest absolute Gasteiger partial charge is 0.408 e. The lowest BCUT2D eigenvalue weighted by molar-refractivity contribution is -0.126. The fourth-order valence-corrected chi connectivity index (χ4v) is 3.01. The third-order valence-electron chi connectivity index (χ3n) is 4.94. The Morgan fingerprint density at radius 2 is 1.23 bits per heavy atom. The highest BCUT2D eigenvalue weighted by atomic mass is 16.6. The number of rotatable bonds is 11. The van der Waals surface area contributed by atoms with Crippen molar-refractivity contribution in [3.05, 3.63) is 77.3 Å². The maximum Gasteiger partial charge on any atom is 0.408 e. The van der Waals surface area contributed by atoms with E-state index in [4.69, 9.17) is 9.47 Å². The van der Waals surface area contributed by atoms with E-state index in [2.05, 4.69) is 15.4 Å². The molecule has 0 saturated carbocycles.